The van der Waals surface area contributed by atoms with Crippen molar-refractivity contribution in [2.75, 3.05) is 5.32 Å². The second kappa shape index (κ2) is 8.71. The average Bonchev–Trinajstić information content (AvgIpc) is 2.64. The molecule has 4 nitrogen and oxygen atoms in total. The zero-order valence-corrected chi connectivity index (χ0v) is 15.1. The molecule has 1 amide bonds. The SMILES string of the molecule is O=C(Nc1ccccc1Sc1ccc(OC(F)(F)F)cc1)Oc1ccccc1. The average molecular weight is 405 g/mol. The number of ether oxygens (including phenoxy) is 2. The fraction of sp³-hybridized carbons (Fsp3) is 0.0500. The molecule has 0 aromatic heterocycles. The van der Waals surface area contributed by atoms with Crippen molar-refractivity contribution < 1.29 is 27.4 Å². The molecule has 0 saturated carbocycles. The third-order valence-corrected chi connectivity index (χ3v) is 4.45. The summed E-state index contributed by atoms with van der Waals surface area (Å²) in [5, 5.41) is 2.67. The van der Waals surface area contributed by atoms with Gasteiger partial charge in [0, 0.05) is 9.79 Å². The molecular formula is C20H14F3NO3S. The van der Waals surface area contributed by atoms with Crippen LogP contribution < -0.4 is 14.8 Å². The van der Waals surface area contributed by atoms with Crippen LogP contribution in [0.15, 0.2) is 88.7 Å². The van der Waals surface area contributed by atoms with E-state index in [2.05, 4.69) is 10.1 Å². The highest BCUT2D eigenvalue weighted by Crippen LogP contribution is 2.35. The van der Waals surface area contributed by atoms with Gasteiger partial charge in [-0.3, -0.25) is 5.32 Å². The van der Waals surface area contributed by atoms with Crippen molar-refractivity contribution in [3.05, 3.63) is 78.9 Å². The number of carbonyl (C=O) groups excluding carboxylic acids is 1. The fourth-order valence-electron chi connectivity index (χ4n) is 2.23. The first-order chi connectivity index (χ1) is 13.4. The molecule has 0 atom stereocenters. The van der Waals surface area contributed by atoms with Gasteiger partial charge in [-0.15, -0.1) is 13.2 Å². The summed E-state index contributed by atoms with van der Waals surface area (Å²) in [6.45, 7) is 0. The van der Waals surface area contributed by atoms with Gasteiger partial charge in [0.05, 0.1) is 5.69 Å². The van der Waals surface area contributed by atoms with Crippen molar-refractivity contribution in [1.29, 1.82) is 0 Å². The minimum absolute atomic E-state index is 0.297. The highest BCUT2D eigenvalue weighted by atomic mass is 32.2. The van der Waals surface area contributed by atoms with Gasteiger partial charge in [-0.25, -0.2) is 4.79 Å². The van der Waals surface area contributed by atoms with Gasteiger partial charge < -0.3 is 9.47 Å². The Kier molecular flexibility index (Phi) is 6.10. The topological polar surface area (TPSA) is 47.6 Å². The van der Waals surface area contributed by atoms with Gasteiger partial charge in [-0.05, 0) is 48.5 Å². The number of hydrogen-bond donors (Lipinski definition) is 1. The zero-order chi connectivity index (χ0) is 20.0. The largest absolute Gasteiger partial charge is 0.573 e. The third-order valence-electron chi connectivity index (χ3n) is 3.36. The van der Waals surface area contributed by atoms with E-state index in [4.69, 9.17) is 4.74 Å². The van der Waals surface area contributed by atoms with Crippen LogP contribution in [-0.2, 0) is 0 Å². The van der Waals surface area contributed by atoms with E-state index < -0.39 is 12.5 Å². The number of amides is 1. The molecule has 0 aliphatic rings. The first kappa shape index (κ1) is 19.6. The maximum Gasteiger partial charge on any atom is 0.573 e. The van der Waals surface area contributed by atoms with E-state index in [9.17, 15) is 18.0 Å². The van der Waals surface area contributed by atoms with Gasteiger partial charge in [0.15, 0.2) is 0 Å². The number of hydrogen-bond acceptors (Lipinski definition) is 4. The van der Waals surface area contributed by atoms with Crippen LogP contribution in [0.3, 0.4) is 0 Å². The molecule has 144 valence electrons. The predicted octanol–water partition coefficient (Wildman–Crippen LogP) is 6.35. The molecule has 0 heterocycles. The van der Waals surface area contributed by atoms with Crippen LogP contribution in [0, 0.1) is 0 Å². The quantitative estimate of drug-likeness (QED) is 0.538. The minimum atomic E-state index is -4.73. The van der Waals surface area contributed by atoms with Crippen LogP contribution in [0.1, 0.15) is 0 Å². The van der Waals surface area contributed by atoms with Crippen LogP contribution in [0.25, 0.3) is 0 Å². The molecule has 8 heteroatoms. The standard InChI is InChI=1S/C20H14F3NO3S/c21-20(22,23)27-15-10-12-16(13-11-15)28-18-9-5-4-8-17(18)24-19(25)26-14-6-2-1-3-7-14/h1-13H,(H,24,25). The first-order valence-electron chi connectivity index (χ1n) is 8.06. The number of benzene rings is 3. The minimum Gasteiger partial charge on any atom is -0.410 e. The highest BCUT2D eigenvalue weighted by Gasteiger charge is 2.30. The molecule has 0 aliphatic carbocycles. The summed E-state index contributed by atoms with van der Waals surface area (Å²) < 4.78 is 45.8. The second-order valence-electron chi connectivity index (χ2n) is 5.45. The summed E-state index contributed by atoms with van der Waals surface area (Å²) in [5.74, 6) is 0.111. The molecular weight excluding hydrogens is 391 g/mol. The Labute approximate surface area is 163 Å². The van der Waals surface area contributed by atoms with Gasteiger partial charge in [0.25, 0.3) is 0 Å². The molecule has 0 aliphatic heterocycles. The second-order valence-corrected chi connectivity index (χ2v) is 6.56. The third kappa shape index (κ3) is 5.95. The van der Waals surface area contributed by atoms with E-state index in [1.807, 2.05) is 6.07 Å². The first-order valence-corrected chi connectivity index (χ1v) is 8.87. The van der Waals surface area contributed by atoms with Crippen LogP contribution in [0.2, 0.25) is 0 Å². The molecule has 0 fully saturated rings. The lowest BCUT2D eigenvalue weighted by Crippen LogP contribution is -2.17. The van der Waals surface area contributed by atoms with E-state index in [1.54, 1.807) is 48.5 Å². The maximum absolute atomic E-state index is 12.2. The summed E-state index contributed by atoms with van der Waals surface area (Å²) >= 11 is 1.28. The molecule has 28 heavy (non-hydrogen) atoms. The zero-order valence-electron chi connectivity index (χ0n) is 14.3. The number of anilines is 1. The van der Waals surface area contributed by atoms with Crippen molar-refractivity contribution >= 4 is 23.5 Å². The Balaban J connectivity index is 1.67. The molecule has 3 rings (SSSR count). The number of alkyl halides is 3. The molecule has 0 saturated heterocycles. The van der Waals surface area contributed by atoms with Gasteiger partial charge >= 0.3 is 12.5 Å². The number of nitrogens with one attached hydrogen (secondary N) is 1. The lowest BCUT2D eigenvalue weighted by molar-refractivity contribution is -0.274. The summed E-state index contributed by atoms with van der Waals surface area (Å²) in [6, 6.07) is 21.1. The van der Waals surface area contributed by atoms with E-state index in [0.29, 0.717) is 21.2 Å². The fourth-order valence-corrected chi connectivity index (χ4v) is 3.13. The normalized spacial score (nSPS) is 11.0. The molecule has 0 unspecified atom stereocenters. The summed E-state index contributed by atoms with van der Waals surface area (Å²) in [6.07, 6.45) is -5.38. The lowest BCUT2D eigenvalue weighted by Gasteiger charge is -2.12. The number of carbonyl (C=O) groups is 1. The van der Waals surface area contributed by atoms with Crippen molar-refractivity contribution in [3.63, 3.8) is 0 Å². The van der Waals surface area contributed by atoms with Crippen molar-refractivity contribution in [2.24, 2.45) is 0 Å². The predicted molar refractivity (Wildman–Crippen MR) is 99.8 cm³/mol. The lowest BCUT2D eigenvalue weighted by atomic mass is 10.3. The smallest absolute Gasteiger partial charge is 0.410 e. The molecule has 3 aromatic rings. The molecule has 0 radical (unpaired) electrons. The van der Waals surface area contributed by atoms with Crippen LogP contribution >= 0.6 is 11.8 Å². The Hall–Kier alpha value is -3.13. The maximum atomic E-state index is 12.2. The van der Waals surface area contributed by atoms with E-state index in [-0.39, 0.29) is 5.75 Å². The van der Waals surface area contributed by atoms with Crippen LogP contribution in [-0.4, -0.2) is 12.5 Å². The number of halogens is 3. The monoisotopic (exact) mass is 405 g/mol. The van der Waals surface area contributed by atoms with Crippen molar-refractivity contribution in [1.82, 2.24) is 0 Å². The molecule has 3 aromatic carbocycles. The van der Waals surface area contributed by atoms with Gasteiger partial charge in [0.2, 0.25) is 0 Å². The van der Waals surface area contributed by atoms with E-state index in [0.717, 1.165) is 0 Å². The van der Waals surface area contributed by atoms with Gasteiger partial charge in [-0.1, -0.05) is 42.1 Å². The van der Waals surface area contributed by atoms with Crippen LogP contribution in [0.4, 0.5) is 23.7 Å². The Morgan fingerprint density at radius 3 is 2.14 bits per heavy atom. The molecule has 0 bridgehead atoms. The van der Waals surface area contributed by atoms with Crippen molar-refractivity contribution in [2.45, 2.75) is 16.2 Å². The summed E-state index contributed by atoms with van der Waals surface area (Å²) in [7, 11) is 0. The Bertz CT molecular complexity index is 931. The summed E-state index contributed by atoms with van der Waals surface area (Å²) in [5.41, 5.74) is 0.518. The Morgan fingerprint density at radius 1 is 0.821 bits per heavy atom. The molecule has 1 N–H and O–H groups in total. The molecule has 0 spiro atoms. The van der Waals surface area contributed by atoms with E-state index in [1.165, 1.54) is 36.0 Å². The van der Waals surface area contributed by atoms with E-state index >= 15 is 0 Å². The number of para-hydroxylation sites is 2. The number of rotatable bonds is 5. The van der Waals surface area contributed by atoms with Crippen LogP contribution in [0.5, 0.6) is 11.5 Å². The summed E-state index contributed by atoms with van der Waals surface area (Å²) in [4.78, 5) is 13.5. The highest BCUT2D eigenvalue weighted by molar-refractivity contribution is 7.99. The van der Waals surface area contributed by atoms with Crippen molar-refractivity contribution in [3.8, 4) is 11.5 Å². The Morgan fingerprint density at radius 2 is 1.46 bits per heavy atom. The van der Waals surface area contributed by atoms with Gasteiger partial charge in [0.1, 0.15) is 11.5 Å². The van der Waals surface area contributed by atoms with Gasteiger partial charge in [-0.2, -0.15) is 0 Å².